The first-order valence-corrected chi connectivity index (χ1v) is 7.45. The van der Waals surface area contributed by atoms with E-state index >= 15 is 0 Å². The fourth-order valence-electron chi connectivity index (χ4n) is 2.17. The van der Waals surface area contributed by atoms with Crippen molar-refractivity contribution in [3.05, 3.63) is 11.4 Å². The van der Waals surface area contributed by atoms with Crippen LogP contribution in [0.1, 0.15) is 31.7 Å². The van der Waals surface area contributed by atoms with Crippen LogP contribution >= 0.6 is 0 Å². The predicted octanol–water partition coefficient (Wildman–Crippen LogP) is 1.83. The Balaban J connectivity index is 2.19. The zero-order chi connectivity index (χ0) is 14.4. The molecule has 0 aromatic carbocycles. The quantitative estimate of drug-likeness (QED) is 0.828. The van der Waals surface area contributed by atoms with Crippen molar-refractivity contribution in [1.82, 2.24) is 15.0 Å². The van der Waals surface area contributed by atoms with E-state index in [1.165, 1.54) is 0 Å². The van der Waals surface area contributed by atoms with Gasteiger partial charge in [0.2, 0.25) is 0 Å². The van der Waals surface area contributed by atoms with Gasteiger partial charge in [0, 0.05) is 31.6 Å². The number of hydrogen-bond acceptors (Lipinski definition) is 6. The summed E-state index contributed by atoms with van der Waals surface area (Å²) in [7, 11) is 0. The molecule has 6 nitrogen and oxygen atoms in total. The van der Waals surface area contributed by atoms with Crippen molar-refractivity contribution in [3.8, 4) is 0 Å². The van der Waals surface area contributed by atoms with Gasteiger partial charge in [-0.1, -0.05) is 6.92 Å². The minimum absolute atomic E-state index is 0.763. The molecule has 2 N–H and O–H groups in total. The van der Waals surface area contributed by atoms with Gasteiger partial charge >= 0.3 is 0 Å². The van der Waals surface area contributed by atoms with Crippen molar-refractivity contribution in [2.24, 2.45) is 0 Å². The summed E-state index contributed by atoms with van der Waals surface area (Å²) in [6, 6.07) is 0. The summed E-state index contributed by atoms with van der Waals surface area (Å²) >= 11 is 0. The number of aromatic nitrogens is 2. The molecule has 0 unspecified atom stereocenters. The van der Waals surface area contributed by atoms with Crippen molar-refractivity contribution < 1.29 is 4.74 Å². The molecule has 1 aliphatic heterocycles. The standard InChI is InChI=1S/C14H25N5O/c1-4-6-12-16-13(15-5-2)11(3)14(17-12)18-19-7-9-20-10-8-19/h4-10H2,1-3H3,(H2,15,16,17,18). The summed E-state index contributed by atoms with van der Waals surface area (Å²) in [6.45, 7) is 10.4. The Hall–Kier alpha value is -1.40. The molecule has 0 radical (unpaired) electrons. The normalized spacial score (nSPS) is 16.1. The Morgan fingerprint density at radius 3 is 2.50 bits per heavy atom. The van der Waals surface area contributed by atoms with Crippen molar-refractivity contribution in [2.45, 2.75) is 33.6 Å². The second-order valence-electron chi connectivity index (χ2n) is 4.95. The number of ether oxygens (including phenoxy) is 1. The van der Waals surface area contributed by atoms with E-state index in [1.54, 1.807) is 0 Å². The number of nitrogens with one attached hydrogen (secondary N) is 2. The number of nitrogens with zero attached hydrogens (tertiary/aromatic N) is 3. The topological polar surface area (TPSA) is 62.3 Å². The molecule has 0 amide bonds. The monoisotopic (exact) mass is 279 g/mol. The van der Waals surface area contributed by atoms with Crippen molar-refractivity contribution >= 4 is 11.6 Å². The molecule has 0 aliphatic carbocycles. The van der Waals surface area contributed by atoms with E-state index in [1.807, 2.05) is 0 Å². The second-order valence-corrected chi connectivity index (χ2v) is 4.95. The van der Waals surface area contributed by atoms with Crippen LogP contribution < -0.4 is 10.7 Å². The number of rotatable bonds is 6. The van der Waals surface area contributed by atoms with Crippen molar-refractivity contribution in [1.29, 1.82) is 0 Å². The van der Waals surface area contributed by atoms with Gasteiger partial charge in [0.1, 0.15) is 17.5 Å². The summed E-state index contributed by atoms with van der Waals surface area (Å²) in [5, 5.41) is 5.47. The van der Waals surface area contributed by atoms with E-state index in [2.05, 4.69) is 46.5 Å². The number of morpholine rings is 1. The predicted molar refractivity (Wildman–Crippen MR) is 80.9 cm³/mol. The summed E-state index contributed by atoms with van der Waals surface area (Å²) < 4.78 is 5.37. The van der Waals surface area contributed by atoms with E-state index in [9.17, 15) is 0 Å². The molecule has 1 saturated heterocycles. The van der Waals surface area contributed by atoms with E-state index in [0.29, 0.717) is 0 Å². The molecule has 0 atom stereocenters. The molecule has 1 aromatic heterocycles. The third-order valence-electron chi connectivity index (χ3n) is 3.29. The molecule has 0 saturated carbocycles. The maximum Gasteiger partial charge on any atom is 0.149 e. The van der Waals surface area contributed by atoms with Crippen LogP contribution in [0, 0.1) is 6.92 Å². The van der Waals surface area contributed by atoms with Gasteiger partial charge in [0.15, 0.2) is 0 Å². The summed E-state index contributed by atoms with van der Waals surface area (Å²) in [5.41, 5.74) is 4.48. The number of anilines is 2. The summed E-state index contributed by atoms with van der Waals surface area (Å²) in [5.74, 6) is 2.73. The zero-order valence-electron chi connectivity index (χ0n) is 12.7. The highest BCUT2D eigenvalue weighted by Gasteiger charge is 2.15. The van der Waals surface area contributed by atoms with Gasteiger partial charge in [-0.25, -0.2) is 15.0 Å². The molecule has 0 spiro atoms. The number of aryl methyl sites for hydroxylation is 1. The number of hydrogen-bond donors (Lipinski definition) is 2. The summed E-state index contributed by atoms with van der Waals surface area (Å²) in [4.78, 5) is 9.25. The Morgan fingerprint density at radius 2 is 1.85 bits per heavy atom. The Kier molecular flexibility index (Phi) is 5.55. The molecular formula is C14H25N5O. The highest BCUT2D eigenvalue weighted by molar-refractivity contribution is 5.56. The van der Waals surface area contributed by atoms with Gasteiger partial charge in [-0.3, -0.25) is 0 Å². The minimum atomic E-state index is 0.763. The Bertz CT molecular complexity index is 432. The third-order valence-corrected chi connectivity index (χ3v) is 3.29. The van der Waals surface area contributed by atoms with Gasteiger partial charge in [0.05, 0.1) is 13.2 Å². The molecule has 0 bridgehead atoms. The lowest BCUT2D eigenvalue weighted by Crippen LogP contribution is -2.40. The Morgan fingerprint density at radius 1 is 1.15 bits per heavy atom. The lowest BCUT2D eigenvalue weighted by atomic mass is 10.2. The smallest absolute Gasteiger partial charge is 0.149 e. The largest absolute Gasteiger partial charge is 0.379 e. The SMILES string of the molecule is CCCc1nc(NCC)c(C)c(NN2CCOCC2)n1. The molecular weight excluding hydrogens is 254 g/mol. The van der Waals surface area contributed by atoms with Crippen molar-refractivity contribution in [3.63, 3.8) is 0 Å². The maximum atomic E-state index is 5.37. The first kappa shape index (κ1) is 15.0. The molecule has 2 rings (SSSR count). The third kappa shape index (κ3) is 3.80. The first-order valence-electron chi connectivity index (χ1n) is 7.45. The van der Waals surface area contributed by atoms with E-state index < -0.39 is 0 Å². The maximum absolute atomic E-state index is 5.37. The fraction of sp³-hybridized carbons (Fsp3) is 0.714. The average Bonchev–Trinajstić information content (AvgIpc) is 2.45. The van der Waals surface area contributed by atoms with Gasteiger partial charge in [0.25, 0.3) is 0 Å². The van der Waals surface area contributed by atoms with E-state index in [-0.39, 0.29) is 0 Å². The lowest BCUT2D eigenvalue weighted by molar-refractivity contribution is 0.0494. The van der Waals surface area contributed by atoms with Crippen LogP contribution in [-0.2, 0) is 11.2 Å². The molecule has 112 valence electrons. The van der Waals surface area contributed by atoms with Gasteiger partial charge < -0.3 is 15.5 Å². The van der Waals surface area contributed by atoms with Crippen LogP contribution in [0.2, 0.25) is 0 Å². The van der Waals surface area contributed by atoms with E-state index in [0.717, 1.165) is 68.7 Å². The minimum Gasteiger partial charge on any atom is -0.379 e. The van der Waals surface area contributed by atoms with Gasteiger partial charge in [-0.05, 0) is 20.3 Å². The Labute approximate surface area is 120 Å². The molecule has 2 heterocycles. The van der Waals surface area contributed by atoms with Crippen LogP contribution in [-0.4, -0.2) is 47.8 Å². The van der Waals surface area contributed by atoms with Crippen LogP contribution in [0.4, 0.5) is 11.6 Å². The highest BCUT2D eigenvalue weighted by Crippen LogP contribution is 2.21. The van der Waals surface area contributed by atoms with Crippen LogP contribution in [0.15, 0.2) is 0 Å². The molecule has 1 aliphatic rings. The lowest BCUT2D eigenvalue weighted by Gasteiger charge is -2.28. The first-order chi connectivity index (χ1) is 9.74. The van der Waals surface area contributed by atoms with Crippen molar-refractivity contribution in [2.75, 3.05) is 43.6 Å². The van der Waals surface area contributed by atoms with Crippen LogP contribution in [0.25, 0.3) is 0 Å². The average molecular weight is 279 g/mol. The molecule has 1 fully saturated rings. The van der Waals surface area contributed by atoms with Gasteiger partial charge in [-0.2, -0.15) is 0 Å². The molecule has 1 aromatic rings. The fourth-order valence-corrected chi connectivity index (χ4v) is 2.17. The van der Waals surface area contributed by atoms with Crippen LogP contribution in [0.3, 0.4) is 0 Å². The summed E-state index contributed by atoms with van der Waals surface area (Å²) in [6.07, 6.45) is 1.95. The number of hydrazine groups is 1. The highest BCUT2D eigenvalue weighted by atomic mass is 16.5. The zero-order valence-corrected chi connectivity index (χ0v) is 12.7. The van der Waals surface area contributed by atoms with Crippen LogP contribution in [0.5, 0.6) is 0 Å². The molecule has 6 heteroatoms. The van der Waals surface area contributed by atoms with Gasteiger partial charge in [-0.15, -0.1) is 0 Å². The molecule has 20 heavy (non-hydrogen) atoms. The second kappa shape index (κ2) is 7.40. The van der Waals surface area contributed by atoms with E-state index in [4.69, 9.17) is 4.74 Å².